The average Bonchev–Trinajstić information content (AvgIpc) is 2.13. The second kappa shape index (κ2) is 2.51. The number of nitrogen functional groups attached to an aromatic ring is 1. The van der Waals surface area contributed by atoms with Gasteiger partial charge in [-0.05, 0) is 6.92 Å². The van der Waals surface area contributed by atoms with E-state index in [4.69, 9.17) is 5.73 Å². The van der Waals surface area contributed by atoms with E-state index in [1.54, 1.807) is 10.9 Å². The van der Waals surface area contributed by atoms with Gasteiger partial charge in [0.25, 0.3) is 0 Å². The summed E-state index contributed by atoms with van der Waals surface area (Å²) in [6.45, 7) is 6.34. The van der Waals surface area contributed by atoms with Crippen molar-refractivity contribution in [2.75, 3.05) is 5.73 Å². The van der Waals surface area contributed by atoms with Crippen LogP contribution < -0.4 is 5.73 Å². The molecule has 0 amide bonds. The zero-order valence-corrected chi connectivity index (χ0v) is 5.91. The van der Waals surface area contributed by atoms with Crippen molar-refractivity contribution in [2.45, 2.75) is 13.5 Å². The number of nitrogens with two attached hydrogens (primary N) is 1. The van der Waals surface area contributed by atoms with Gasteiger partial charge < -0.3 is 5.73 Å². The summed E-state index contributed by atoms with van der Waals surface area (Å²) < 4.78 is 1.65. The number of nitrogens with zero attached hydrogens (tertiary/aromatic N) is 3. The molecular formula is C6H10N4. The SMILES string of the molecule is C=C(C)Cn1cc(N)nn1. The Labute approximate surface area is 59.3 Å². The van der Waals surface area contributed by atoms with Gasteiger partial charge in [0, 0.05) is 0 Å². The van der Waals surface area contributed by atoms with Gasteiger partial charge in [0.2, 0.25) is 0 Å². The van der Waals surface area contributed by atoms with Crippen LogP contribution in [0.1, 0.15) is 6.92 Å². The Balaban J connectivity index is 2.67. The van der Waals surface area contributed by atoms with Crippen molar-refractivity contribution < 1.29 is 0 Å². The largest absolute Gasteiger partial charge is 0.381 e. The van der Waals surface area contributed by atoms with E-state index in [2.05, 4.69) is 16.9 Å². The Morgan fingerprint density at radius 2 is 2.60 bits per heavy atom. The maximum Gasteiger partial charge on any atom is 0.165 e. The molecular weight excluding hydrogens is 128 g/mol. The second-order valence-electron chi connectivity index (χ2n) is 2.30. The molecule has 4 nitrogen and oxygen atoms in total. The molecule has 0 aliphatic carbocycles. The first-order chi connectivity index (χ1) is 4.68. The topological polar surface area (TPSA) is 56.7 Å². The van der Waals surface area contributed by atoms with Crippen LogP contribution in [0, 0.1) is 0 Å². The van der Waals surface area contributed by atoms with Crippen LogP contribution >= 0.6 is 0 Å². The standard InChI is InChI=1S/C6H10N4/c1-5(2)3-10-4-6(7)8-9-10/h4H,1,3,7H2,2H3. The first-order valence-corrected chi connectivity index (χ1v) is 2.98. The minimum absolute atomic E-state index is 0.446. The van der Waals surface area contributed by atoms with Crippen LogP contribution in [0.15, 0.2) is 18.3 Å². The van der Waals surface area contributed by atoms with Gasteiger partial charge in [0.15, 0.2) is 5.82 Å². The highest BCUT2D eigenvalue weighted by atomic mass is 15.4. The normalized spacial score (nSPS) is 9.70. The van der Waals surface area contributed by atoms with Gasteiger partial charge in [-0.1, -0.05) is 17.4 Å². The van der Waals surface area contributed by atoms with Gasteiger partial charge in [-0.2, -0.15) is 0 Å². The molecule has 0 bridgehead atoms. The van der Waals surface area contributed by atoms with Crippen molar-refractivity contribution in [2.24, 2.45) is 0 Å². The van der Waals surface area contributed by atoms with Crippen molar-refractivity contribution in [1.82, 2.24) is 15.0 Å². The van der Waals surface area contributed by atoms with Gasteiger partial charge >= 0.3 is 0 Å². The summed E-state index contributed by atoms with van der Waals surface area (Å²) in [4.78, 5) is 0. The molecule has 2 N–H and O–H groups in total. The lowest BCUT2D eigenvalue weighted by molar-refractivity contribution is 0.643. The lowest BCUT2D eigenvalue weighted by atomic mass is 10.4. The van der Waals surface area contributed by atoms with E-state index in [0.29, 0.717) is 12.4 Å². The smallest absolute Gasteiger partial charge is 0.165 e. The molecule has 0 atom stereocenters. The number of rotatable bonds is 2. The number of allylic oxidation sites excluding steroid dienone is 1. The highest BCUT2D eigenvalue weighted by Gasteiger charge is 1.93. The maximum absolute atomic E-state index is 5.33. The van der Waals surface area contributed by atoms with Crippen LogP contribution in [-0.2, 0) is 6.54 Å². The van der Waals surface area contributed by atoms with Crippen LogP contribution in [0.4, 0.5) is 5.82 Å². The van der Waals surface area contributed by atoms with E-state index in [9.17, 15) is 0 Å². The Kier molecular flexibility index (Phi) is 1.71. The summed E-state index contributed by atoms with van der Waals surface area (Å²) in [5.41, 5.74) is 6.36. The minimum atomic E-state index is 0.446. The Hall–Kier alpha value is -1.32. The average molecular weight is 138 g/mol. The molecule has 10 heavy (non-hydrogen) atoms. The lowest BCUT2D eigenvalue weighted by Gasteiger charge is -1.95. The third-order valence-electron chi connectivity index (χ3n) is 0.988. The zero-order valence-electron chi connectivity index (χ0n) is 5.91. The fraction of sp³-hybridized carbons (Fsp3) is 0.333. The maximum atomic E-state index is 5.33. The van der Waals surface area contributed by atoms with Crippen molar-refractivity contribution in [3.63, 3.8) is 0 Å². The zero-order chi connectivity index (χ0) is 7.56. The molecule has 0 unspecified atom stereocenters. The van der Waals surface area contributed by atoms with Crippen LogP contribution in [0.2, 0.25) is 0 Å². The van der Waals surface area contributed by atoms with Crippen LogP contribution in [0.3, 0.4) is 0 Å². The molecule has 0 saturated carbocycles. The highest BCUT2D eigenvalue weighted by molar-refractivity contribution is 5.20. The van der Waals surface area contributed by atoms with E-state index < -0.39 is 0 Å². The summed E-state index contributed by atoms with van der Waals surface area (Å²) in [6, 6.07) is 0. The van der Waals surface area contributed by atoms with E-state index in [1.807, 2.05) is 6.92 Å². The summed E-state index contributed by atoms with van der Waals surface area (Å²) in [7, 11) is 0. The molecule has 0 saturated heterocycles. The number of hydrogen-bond acceptors (Lipinski definition) is 3. The molecule has 1 aromatic rings. The molecule has 1 heterocycles. The predicted octanol–water partition coefficient (Wildman–Crippen LogP) is 0.436. The molecule has 54 valence electrons. The van der Waals surface area contributed by atoms with Crippen molar-refractivity contribution in [1.29, 1.82) is 0 Å². The molecule has 0 aliphatic rings. The van der Waals surface area contributed by atoms with Gasteiger partial charge in [-0.25, -0.2) is 4.68 Å². The van der Waals surface area contributed by atoms with Crippen LogP contribution in [0.25, 0.3) is 0 Å². The molecule has 0 spiro atoms. The van der Waals surface area contributed by atoms with Gasteiger partial charge in [-0.15, -0.1) is 5.10 Å². The van der Waals surface area contributed by atoms with E-state index in [1.165, 1.54) is 0 Å². The van der Waals surface area contributed by atoms with Gasteiger partial charge in [-0.3, -0.25) is 0 Å². The molecule has 0 aliphatic heterocycles. The lowest BCUT2D eigenvalue weighted by Crippen LogP contribution is -1.98. The van der Waals surface area contributed by atoms with E-state index >= 15 is 0 Å². The highest BCUT2D eigenvalue weighted by Crippen LogP contribution is 1.96. The third kappa shape index (κ3) is 1.58. The second-order valence-corrected chi connectivity index (χ2v) is 2.30. The van der Waals surface area contributed by atoms with Crippen molar-refractivity contribution >= 4 is 5.82 Å². The van der Waals surface area contributed by atoms with Gasteiger partial charge in [0.05, 0.1) is 12.7 Å². The summed E-state index contributed by atoms with van der Waals surface area (Å²) in [5.74, 6) is 0.446. The fourth-order valence-electron chi connectivity index (χ4n) is 0.667. The number of aromatic nitrogens is 3. The Morgan fingerprint density at radius 1 is 1.90 bits per heavy atom. The molecule has 0 fully saturated rings. The first-order valence-electron chi connectivity index (χ1n) is 2.98. The number of anilines is 1. The summed E-state index contributed by atoms with van der Waals surface area (Å²) in [6.07, 6.45) is 1.68. The van der Waals surface area contributed by atoms with E-state index in [0.717, 1.165) is 5.57 Å². The number of hydrogen-bond donors (Lipinski definition) is 1. The molecule has 0 aromatic carbocycles. The van der Waals surface area contributed by atoms with Crippen LogP contribution in [0.5, 0.6) is 0 Å². The van der Waals surface area contributed by atoms with Crippen molar-refractivity contribution in [3.05, 3.63) is 18.3 Å². The monoisotopic (exact) mass is 138 g/mol. The Bertz CT molecular complexity index is 238. The van der Waals surface area contributed by atoms with Gasteiger partial charge in [0.1, 0.15) is 0 Å². The minimum Gasteiger partial charge on any atom is -0.381 e. The molecule has 0 radical (unpaired) electrons. The Morgan fingerprint density at radius 3 is 3.00 bits per heavy atom. The first kappa shape index (κ1) is 6.80. The van der Waals surface area contributed by atoms with E-state index in [-0.39, 0.29) is 0 Å². The van der Waals surface area contributed by atoms with Crippen molar-refractivity contribution in [3.8, 4) is 0 Å². The van der Waals surface area contributed by atoms with Crippen LogP contribution in [-0.4, -0.2) is 15.0 Å². The molecule has 1 aromatic heterocycles. The quantitative estimate of drug-likeness (QED) is 0.603. The third-order valence-corrected chi connectivity index (χ3v) is 0.988. The predicted molar refractivity (Wildman–Crippen MR) is 39.2 cm³/mol. The summed E-state index contributed by atoms with van der Waals surface area (Å²) >= 11 is 0. The fourth-order valence-corrected chi connectivity index (χ4v) is 0.667. The molecule has 1 rings (SSSR count). The summed E-state index contributed by atoms with van der Waals surface area (Å²) in [5, 5.41) is 7.36. The molecule has 4 heteroatoms.